The zero-order valence-corrected chi connectivity index (χ0v) is 14.6. The van der Waals surface area contributed by atoms with Crippen molar-refractivity contribution < 1.29 is 19.1 Å². The van der Waals surface area contributed by atoms with E-state index in [2.05, 4.69) is 10.6 Å². The Morgan fingerprint density at radius 2 is 1.56 bits per heavy atom. The van der Waals surface area contributed by atoms with Gasteiger partial charge in [0.05, 0.1) is 14.2 Å². The number of amides is 2. The molecule has 0 fully saturated rings. The van der Waals surface area contributed by atoms with E-state index in [4.69, 9.17) is 9.47 Å². The molecule has 0 aliphatic heterocycles. The average Bonchev–Trinajstić information content (AvgIpc) is 2.61. The lowest BCUT2D eigenvalue weighted by molar-refractivity contribution is -0.116. The molecule has 25 heavy (non-hydrogen) atoms. The zero-order chi connectivity index (χ0) is 18.2. The average molecular weight is 342 g/mol. The summed E-state index contributed by atoms with van der Waals surface area (Å²) < 4.78 is 10.5. The molecule has 0 radical (unpaired) electrons. The highest BCUT2D eigenvalue weighted by Gasteiger charge is 2.09. The van der Waals surface area contributed by atoms with Gasteiger partial charge in [-0.3, -0.25) is 9.59 Å². The van der Waals surface area contributed by atoms with Gasteiger partial charge < -0.3 is 20.1 Å². The predicted octanol–water partition coefficient (Wildman–Crippen LogP) is 3.23. The Hall–Kier alpha value is -3.02. The first-order valence-corrected chi connectivity index (χ1v) is 7.90. The van der Waals surface area contributed by atoms with E-state index in [1.54, 1.807) is 38.5 Å². The van der Waals surface area contributed by atoms with Gasteiger partial charge in [-0.15, -0.1) is 0 Å². The fraction of sp³-hybridized carbons (Fsp3) is 0.263. The minimum Gasteiger partial charge on any atom is -0.497 e. The monoisotopic (exact) mass is 342 g/mol. The molecule has 0 aliphatic rings. The summed E-state index contributed by atoms with van der Waals surface area (Å²) in [7, 11) is 3.20. The van der Waals surface area contributed by atoms with Crippen LogP contribution in [-0.2, 0) is 16.0 Å². The van der Waals surface area contributed by atoms with E-state index < -0.39 is 0 Å². The molecule has 2 aromatic carbocycles. The molecule has 0 aliphatic carbocycles. The van der Waals surface area contributed by atoms with Crippen LogP contribution in [0.2, 0.25) is 0 Å². The fourth-order valence-electron chi connectivity index (χ4n) is 2.39. The van der Waals surface area contributed by atoms with E-state index >= 15 is 0 Å². The summed E-state index contributed by atoms with van der Waals surface area (Å²) in [6.07, 6.45) is 0.854. The van der Waals surface area contributed by atoms with Gasteiger partial charge in [-0.2, -0.15) is 0 Å². The number of benzene rings is 2. The van der Waals surface area contributed by atoms with Crippen LogP contribution in [0.25, 0.3) is 0 Å². The molecule has 0 saturated carbocycles. The maximum atomic E-state index is 12.1. The lowest BCUT2D eigenvalue weighted by Gasteiger charge is -2.11. The third kappa shape index (κ3) is 5.53. The van der Waals surface area contributed by atoms with Gasteiger partial charge in [0.15, 0.2) is 0 Å². The number of nitrogens with one attached hydrogen (secondary N) is 2. The van der Waals surface area contributed by atoms with Gasteiger partial charge >= 0.3 is 0 Å². The van der Waals surface area contributed by atoms with Gasteiger partial charge in [-0.25, -0.2) is 0 Å². The number of carbonyl (C=O) groups is 2. The van der Waals surface area contributed by atoms with Gasteiger partial charge in [0.1, 0.15) is 11.5 Å². The van der Waals surface area contributed by atoms with Gasteiger partial charge in [0.2, 0.25) is 11.8 Å². The molecule has 0 saturated heterocycles. The summed E-state index contributed by atoms with van der Waals surface area (Å²) in [5.41, 5.74) is 2.28. The Morgan fingerprint density at radius 1 is 0.920 bits per heavy atom. The van der Waals surface area contributed by atoms with E-state index in [-0.39, 0.29) is 11.8 Å². The summed E-state index contributed by atoms with van der Waals surface area (Å²) in [6.45, 7) is 1.45. The first-order valence-electron chi connectivity index (χ1n) is 7.90. The number of carbonyl (C=O) groups excluding carboxylic acids is 2. The van der Waals surface area contributed by atoms with Gasteiger partial charge in [0.25, 0.3) is 0 Å². The van der Waals surface area contributed by atoms with Crippen LogP contribution in [0.1, 0.15) is 18.9 Å². The zero-order valence-electron chi connectivity index (χ0n) is 14.6. The van der Waals surface area contributed by atoms with Gasteiger partial charge in [0, 0.05) is 24.7 Å². The van der Waals surface area contributed by atoms with Crippen LogP contribution in [0, 0.1) is 0 Å². The van der Waals surface area contributed by atoms with Crippen molar-refractivity contribution in [3.63, 3.8) is 0 Å². The van der Waals surface area contributed by atoms with Crippen molar-refractivity contribution >= 4 is 23.2 Å². The number of hydrogen-bond acceptors (Lipinski definition) is 4. The van der Waals surface area contributed by atoms with Crippen molar-refractivity contribution in [3.8, 4) is 11.5 Å². The summed E-state index contributed by atoms with van der Waals surface area (Å²) >= 11 is 0. The lowest BCUT2D eigenvalue weighted by Crippen LogP contribution is -2.13. The third-order valence-electron chi connectivity index (χ3n) is 3.60. The molecule has 2 amide bonds. The smallest absolute Gasteiger partial charge is 0.224 e. The van der Waals surface area contributed by atoms with Crippen molar-refractivity contribution in [2.24, 2.45) is 0 Å². The SMILES string of the molecule is COc1ccc(OC)c(CCC(=O)Nc2ccc(NC(C)=O)cc2)c1. The first-order chi connectivity index (χ1) is 12.0. The van der Waals surface area contributed by atoms with Crippen LogP contribution in [0.15, 0.2) is 42.5 Å². The normalized spacial score (nSPS) is 10.0. The van der Waals surface area contributed by atoms with Crippen LogP contribution in [-0.4, -0.2) is 26.0 Å². The van der Waals surface area contributed by atoms with E-state index in [1.807, 2.05) is 18.2 Å². The maximum Gasteiger partial charge on any atom is 0.224 e. The summed E-state index contributed by atoms with van der Waals surface area (Å²) in [4.78, 5) is 23.1. The Kier molecular flexibility index (Phi) is 6.39. The molecule has 6 nitrogen and oxygen atoms in total. The topological polar surface area (TPSA) is 76.7 Å². The minimum absolute atomic E-state index is 0.0999. The Labute approximate surface area is 147 Å². The molecule has 0 aromatic heterocycles. The Balaban J connectivity index is 1.93. The van der Waals surface area contributed by atoms with Crippen molar-refractivity contribution in [2.75, 3.05) is 24.9 Å². The standard InChI is InChI=1S/C19H22N2O4/c1-13(22)20-15-5-7-16(8-6-15)21-19(23)11-4-14-12-17(24-2)9-10-18(14)25-3/h5-10,12H,4,11H2,1-3H3,(H,20,22)(H,21,23). The molecule has 0 atom stereocenters. The number of ether oxygens (including phenoxy) is 2. The quantitative estimate of drug-likeness (QED) is 0.810. The number of rotatable bonds is 7. The Morgan fingerprint density at radius 3 is 2.12 bits per heavy atom. The molecule has 2 aromatic rings. The van der Waals surface area contributed by atoms with E-state index in [1.165, 1.54) is 6.92 Å². The molecule has 132 valence electrons. The van der Waals surface area contributed by atoms with E-state index in [0.717, 1.165) is 17.1 Å². The third-order valence-corrected chi connectivity index (χ3v) is 3.60. The first kappa shape index (κ1) is 18.3. The van der Waals surface area contributed by atoms with Crippen LogP contribution in [0.3, 0.4) is 0 Å². The molecule has 0 bridgehead atoms. The highest BCUT2D eigenvalue weighted by atomic mass is 16.5. The fourth-order valence-corrected chi connectivity index (χ4v) is 2.39. The Bertz CT molecular complexity index is 742. The number of hydrogen-bond donors (Lipinski definition) is 2. The number of aryl methyl sites for hydroxylation is 1. The van der Waals surface area contributed by atoms with Crippen molar-refractivity contribution in [1.29, 1.82) is 0 Å². The molecule has 2 rings (SSSR count). The second-order valence-electron chi connectivity index (χ2n) is 5.48. The highest BCUT2D eigenvalue weighted by molar-refractivity contribution is 5.92. The summed E-state index contributed by atoms with van der Waals surface area (Å²) in [5, 5.41) is 5.51. The molecule has 0 heterocycles. The summed E-state index contributed by atoms with van der Waals surface area (Å²) in [5.74, 6) is 1.22. The van der Waals surface area contributed by atoms with Crippen molar-refractivity contribution in [1.82, 2.24) is 0 Å². The molecular formula is C19H22N2O4. The molecular weight excluding hydrogens is 320 g/mol. The minimum atomic E-state index is -0.135. The van der Waals surface area contributed by atoms with Crippen molar-refractivity contribution in [3.05, 3.63) is 48.0 Å². The lowest BCUT2D eigenvalue weighted by atomic mass is 10.1. The molecule has 0 unspecified atom stereocenters. The van der Waals surface area contributed by atoms with Gasteiger partial charge in [-0.05, 0) is 54.4 Å². The van der Waals surface area contributed by atoms with Crippen LogP contribution in [0.4, 0.5) is 11.4 Å². The van der Waals surface area contributed by atoms with Crippen LogP contribution >= 0.6 is 0 Å². The maximum absolute atomic E-state index is 12.1. The second-order valence-corrected chi connectivity index (χ2v) is 5.48. The summed E-state index contributed by atoms with van der Waals surface area (Å²) in [6, 6.07) is 12.5. The van der Waals surface area contributed by atoms with Crippen LogP contribution in [0.5, 0.6) is 11.5 Å². The van der Waals surface area contributed by atoms with E-state index in [0.29, 0.717) is 24.2 Å². The predicted molar refractivity (Wildman–Crippen MR) is 97.2 cm³/mol. The second kappa shape index (κ2) is 8.73. The number of anilines is 2. The molecule has 0 spiro atoms. The molecule has 6 heteroatoms. The largest absolute Gasteiger partial charge is 0.497 e. The van der Waals surface area contributed by atoms with Crippen molar-refractivity contribution in [2.45, 2.75) is 19.8 Å². The number of methoxy groups -OCH3 is 2. The molecule has 2 N–H and O–H groups in total. The van der Waals surface area contributed by atoms with E-state index in [9.17, 15) is 9.59 Å². The van der Waals surface area contributed by atoms with Crippen LogP contribution < -0.4 is 20.1 Å². The van der Waals surface area contributed by atoms with Gasteiger partial charge in [-0.1, -0.05) is 0 Å². The highest BCUT2D eigenvalue weighted by Crippen LogP contribution is 2.25.